The molecule has 0 radical (unpaired) electrons. The summed E-state index contributed by atoms with van der Waals surface area (Å²) >= 11 is 0. The molecule has 1 fully saturated rings. The maximum atomic E-state index is 12.2. The number of aliphatic hydroxyl groups excluding tert-OH is 1. The van der Waals surface area contributed by atoms with E-state index in [1.807, 2.05) is 0 Å². The van der Waals surface area contributed by atoms with Crippen LogP contribution >= 0.6 is 0 Å². The van der Waals surface area contributed by atoms with Crippen molar-refractivity contribution in [3.63, 3.8) is 0 Å². The first kappa shape index (κ1) is 15.5. The zero-order chi connectivity index (χ0) is 15.2. The molecule has 0 aromatic heterocycles. The van der Waals surface area contributed by atoms with Crippen LogP contribution in [-0.2, 0) is 4.79 Å². The molecule has 1 aliphatic rings. The number of aliphatic hydroxyl groups is 1. The van der Waals surface area contributed by atoms with Crippen LogP contribution in [0.5, 0.6) is 0 Å². The highest BCUT2D eigenvalue weighted by Crippen LogP contribution is 2.24. The van der Waals surface area contributed by atoms with E-state index in [1.165, 1.54) is 6.92 Å². The SMILES string of the molecule is CC(=O)Nc1cccc(C(=O)NC2CCC(CO)CC2)c1. The van der Waals surface area contributed by atoms with Gasteiger partial charge in [-0.2, -0.15) is 0 Å². The van der Waals surface area contributed by atoms with Gasteiger partial charge >= 0.3 is 0 Å². The summed E-state index contributed by atoms with van der Waals surface area (Å²) in [5, 5.41) is 14.8. The summed E-state index contributed by atoms with van der Waals surface area (Å²) in [6.45, 7) is 1.67. The summed E-state index contributed by atoms with van der Waals surface area (Å²) < 4.78 is 0. The van der Waals surface area contributed by atoms with Gasteiger partial charge in [-0.15, -0.1) is 0 Å². The van der Waals surface area contributed by atoms with E-state index < -0.39 is 0 Å². The summed E-state index contributed by atoms with van der Waals surface area (Å²) in [5.41, 5.74) is 1.17. The van der Waals surface area contributed by atoms with E-state index in [2.05, 4.69) is 10.6 Å². The highest BCUT2D eigenvalue weighted by Gasteiger charge is 2.22. The lowest BCUT2D eigenvalue weighted by Gasteiger charge is -2.28. The van der Waals surface area contributed by atoms with Crippen molar-refractivity contribution in [3.05, 3.63) is 29.8 Å². The standard InChI is InChI=1S/C16H22N2O3/c1-11(20)17-15-4-2-3-13(9-15)16(21)18-14-7-5-12(10-19)6-8-14/h2-4,9,12,14,19H,5-8,10H2,1H3,(H,17,20)(H,18,21). The maximum absolute atomic E-state index is 12.2. The number of benzene rings is 1. The van der Waals surface area contributed by atoms with E-state index in [1.54, 1.807) is 24.3 Å². The molecule has 1 aliphatic carbocycles. The van der Waals surface area contributed by atoms with Crippen LogP contribution in [0.4, 0.5) is 5.69 Å². The Morgan fingerprint density at radius 2 is 1.95 bits per heavy atom. The topological polar surface area (TPSA) is 78.4 Å². The summed E-state index contributed by atoms with van der Waals surface area (Å²) in [5.74, 6) is 0.103. The molecule has 1 aromatic rings. The van der Waals surface area contributed by atoms with Crippen LogP contribution in [-0.4, -0.2) is 29.6 Å². The molecule has 0 aliphatic heterocycles. The second-order valence-corrected chi connectivity index (χ2v) is 5.64. The molecular formula is C16H22N2O3. The first-order chi connectivity index (χ1) is 10.1. The molecule has 2 rings (SSSR count). The van der Waals surface area contributed by atoms with E-state index in [0.717, 1.165) is 25.7 Å². The lowest BCUT2D eigenvalue weighted by Crippen LogP contribution is -2.38. The molecular weight excluding hydrogens is 268 g/mol. The fraction of sp³-hybridized carbons (Fsp3) is 0.500. The number of anilines is 1. The van der Waals surface area contributed by atoms with Gasteiger partial charge < -0.3 is 15.7 Å². The molecule has 3 N–H and O–H groups in total. The number of nitrogens with one attached hydrogen (secondary N) is 2. The molecule has 1 saturated carbocycles. The summed E-state index contributed by atoms with van der Waals surface area (Å²) in [4.78, 5) is 23.3. The Morgan fingerprint density at radius 1 is 1.24 bits per heavy atom. The molecule has 21 heavy (non-hydrogen) atoms. The van der Waals surface area contributed by atoms with Crippen molar-refractivity contribution in [3.8, 4) is 0 Å². The van der Waals surface area contributed by atoms with Gasteiger partial charge in [-0.25, -0.2) is 0 Å². The molecule has 0 spiro atoms. The normalized spacial score (nSPS) is 21.6. The second-order valence-electron chi connectivity index (χ2n) is 5.64. The predicted molar refractivity (Wildman–Crippen MR) is 81.0 cm³/mol. The molecule has 0 bridgehead atoms. The number of hydrogen-bond donors (Lipinski definition) is 3. The monoisotopic (exact) mass is 290 g/mol. The average Bonchev–Trinajstić information content (AvgIpc) is 2.47. The molecule has 0 atom stereocenters. The van der Waals surface area contributed by atoms with Crippen LogP contribution in [0.1, 0.15) is 43.0 Å². The van der Waals surface area contributed by atoms with Crippen LogP contribution in [0, 0.1) is 5.92 Å². The van der Waals surface area contributed by atoms with Gasteiger partial charge in [0, 0.05) is 30.8 Å². The number of hydrogen-bond acceptors (Lipinski definition) is 3. The van der Waals surface area contributed by atoms with E-state index in [-0.39, 0.29) is 24.5 Å². The van der Waals surface area contributed by atoms with Gasteiger partial charge in [-0.05, 0) is 49.8 Å². The Balaban J connectivity index is 1.93. The van der Waals surface area contributed by atoms with Crippen molar-refractivity contribution in [2.24, 2.45) is 5.92 Å². The Kier molecular flexibility index (Phi) is 5.33. The minimum absolute atomic E-state index is 0.116. The minimum Gasteiger partial charge on any atom is -0.396 e. The highest BCUT2D eigenvalue weighted by molar-refractivity contribution is 5.96. The Hall–Kier alpha value is -1.88. The van der Waals surface area contributed by atoms with Crippen molar-refractivity contribution in [1.82, 2.24) is 5.32 Å². The van der Waals surface area contributed by atoms with Crippen molar-refractivity contribution in [1.29, 1.82) is 0 Å². The smallest absolute Gasteiger partial charge is 0.251 e. The summed E-state index contributed by atoms with van der Waals surface area (Å²) in [7, 11) is 0. The first-order valence-corrected chi connectivity index (χ1v) is 7.38. The van der Waals surface area contributed by atoms with Gasteiger partial charge in [0.1, 0.15) is 0 Å². The van der Waals surface area contributed by atoms with Crippen LogP contribution in [0.15, 0.2) is 24.3 Å². The van der Waals surface area contributed by atoms with Gasteiger partial charge in [-0.1, -0.05) is 6.07 Å². The Labute approximate surface area is 124 Å². The molecule has 0 heterocycles. The van der Waals surface area contributed by atoms with Gasteiger partial charge in [-0.3, -0.25) is 9.59 Å². The van der Waals surface area contributed by atoms with Crippen LogP contribution < -0.4 is 10.6 Å². The molecule has 2 amide bonds. The molecule has 1 aromatic carbocycles. The zero-order valence-electron chi connectivity index (χ0n) is 12.3. The van der Waals surface area contributed by atoms with E-state index in [0.29, 0.717) is 17.2 Å². The third-order valence-corrected chi connectivity index (χ3v) is 3.89. The number of amides is 2. The molecule has 114 valence electrons. The number of carbonyl (C=O) groups excluding carboxylic acids is 2. The van der Waals surface area contributed by atoms with Gasteiger partial charge in [0.05, 0.1) is 0 Å². The lowest BCUT2D eigenvalue weighted by atomic mass is 9.86. The fourth-order valence-electron chi connectivity index (χ4n) is 2.70. The molecule has 5 heteroatoms. The van der Waals surface area contributed by atoms with Crippen LogP contribution in [0.25, 0.3) is 0 Å². The van der Waals surface area contributed by atoms with Gasteiger partial charge in [0.15, 0.2) is 0 Å². The van der Waals surface area contributed by atoms with Crippen molar-refractivity contribution in [2.75, 3.05) is 11.9 Å². The van der Waals surface area contributed by atoms with Crippen molar-refractivity contribution >= 4 is 17.5 Å². The van der Waals surface area contributed by atoms with Crippen LogP contribution in [0.3, 0.4) is 0 Å². The average molecular weight is 290 g/mol. The fourth-order valence-corrected chi connectivity index (χ4v) is 2.70. The van der Waals surface area contributed by atoms with Crippen molar-refractivity contribution < 1.29 is 14.7 Å². The Morgan fingerprint density at radius 3 is 2.57 bits per heavy atom. The largest absolute Gasteiger partial charge is 0.396 e. The van der Waals surface area contributed by atoms with Crippen LogP contribution in [0.2, 0.25) is 0 Å². The summed E-state index contributed by atoms with van der Waals surface area (Å²) in [6.07, 6.45) is 3.71. The molecule has 0 saturated heterocycles. The second kappa shape index (κ2) is 7.22. The zero-order valence-corrected chi connectivity index (χ0v) is 12.3. The number of carbonyl (C=O) groups is 2. The van der Waals surface area contributed by atoms with E-state index >= 15 is 0 Å². The van der Waals surface area contributed by atoms with E-state index in [4.69, 9.17) is 5.11 Å². The minimum atomic E-state index is -0.158. The predicted octanol–water partition coefficient (Wildman–Crippen LogP) is 1.93. The molecule has 5 nitrogen and oxygen atoms in total. The summed E-state index contributed by atoms with van der Waals surface area (Å²) in [6, 6.07) is 7.09. The Bertz CT molecular complexity index is 508. The van der Waals surface area contributed by atoms with Gasteiger partial charge in [0.25, 0.3) is 5.91 Å². The van der Waals surface area contributed by atoms with Gasteiger partial charge in [0.2, 0.25) is 5.91 Å². The third-order valence-electron chi connectivity index (χ3n) is 3.89. The van der Waals surface area contributed by atoms with Crippen molar-refractivity contribution in [2.45, 2.75) is 38.6 Å². The lowest BCUT2D eigenvalue weighted by molar-refractivity contribution is -0.114. The quantitative estimate of drug-likeness (QED) is 0.793. The first-order valence-electron chi connectivity index (χ1n) is 7.38. The maximum Gasteiger partial charge on any atom is 0.251 e. The highest BCUT2D eigenvalue weighted by atomic mass is 16.3. The third kappa shape index (κ3) is 4.56. The van der Waals surface area contributed by atoms with E-state index in [9.17, 15) is 9.59 Å². The number of rotatable bonds is 4. The molecule has 0 unspecified atom stereocenters.